The second-order valence-electron chi connectivity index (χ2n) is 8.96. The molecule has 0 bridgehead atoms. The molecule has 2 N–H and O–H groups in total. The van der Waals surface area contributed by atoms with Crippen molar-refractivity contribution in [3.8, 4) is 0 Å². The molecule has 3 atom stereocenters. The highest BCUT2D eigenvalue weighted by molar-refractivity contribution is 7.91. The van der Waals surface area contributed by atoms with E-state index in [1.165, 1.54) is 28.6 Å². The first kappa shape index (κ1) is 25.4. The number of sulfonamides is 1. The lowest BCUT2D eigenvalue weighted by Gasteiger charge is -2.43. The van der Waals surface area contributed by atoms with Gasteiger partial charge in [-0.2, -0.15) is 17.5 Å². The molecule has 2 aromatic rings. The van der Waals surface area contributed by atoms with Crippen molar-refractivity contribution in [1.82, 2.24) is 9.21 Å². The first-order chi connectivity index (χ1) is 15.9. The molecular formula is C22H28F3N3O4S2. The van der Waals surface area contributed by atoms with Gasteiger partial charge in [-0.05, 0) is 42.5 Å². The van der Waals surface area contributed by atoms with Crippen LogP contribution in [0.25, 0.3) is 0 Å². The van der Waals surface area contributed by atoms with Crippen LogP contribution in [0.2, 0.25) is 0 Å². The fraction of sp³-hybridized carbons (Fsp3) is 0.545. The van der Waals surface area contributed by atoms with E-state index in [4.69, 9.17) is 0 Å². The lowest BCUT2D eigenvalue weighted by atomic mass is 9.95. The third-order valence-corrected chi connectivity index (χ3v) is 9.80. The third kappa shape index (κ3) is 4.98. The smallest absolute Gasteiger partial charge is 0.392 e. The van der Waals surface area contributed by atoms with Gasteiger partial charge in [-0.15, -0.1) is 11.3 Å². The summed E-state index contributed by atoms with van der Waals surface area (Å²) in [4.78, 5) is 4.07. The van der Waals surface area contributed by atoms with E-state index in [0.29, 0.717) is 38.3 Å². The van der Waals surface area contributed by atoms with Crippen molar-refractivity contribution in [2.75, 3.05) is 44.2 Å². The van der Waals surface area contributed by atoms with Gasteiger partial charge in [-0.1, -0.05) is 18.2 Å². The molecule has 0 aliphatic carbocycles. The number of hydrogen-bond donors (Lipinski definition) is 2. The quantitative estimate of drug-likeness (QED) is 0.610. The van der Waals surface area contributed by atoms with Gasteiger partial charge in [0.1, 0.15) is 4.21 Å². The molecule has 7 nitrogen and oxygen atoms in total. The Morgan fingerprint density at radius 2 is 1.79 bits per heavy atom. The highest BCUT2D eigenvalue weighted by Gasteiger charge is 2.51. The van der Waals surface area contributed by atoms with Crippen molar-refractivity contribution >= 4 is 27.0 Å². The van der Waals surface area contributed by atoms with Crippen molar-refractivity contribution in [1.29, 1.82) is 0 Å². The number of hydrogen-bond acceptors (Lipinski definition) is 7. The maximum absolute atomic E-state index is 13.2. The predicted molar refractivity (Wildman–Crippen MR) is 123 cm³/mol. The van der Waals surface area contributed by atoms with Crippen LogP contribution in [0.3, 0.4) is 0 Å². The van der Waals surface area contributed by atoms with Gasteiger partial charge in [0.15, 0.2) is 5.60 Å². The lowest BCUT2D eigenvalue weighted by molar-refractivity contribution is -0.258. The number of rotatable bonds is 6. The highest BCUT2D eigenvalue weighted by Crippen LogP contribution is 2.39. The number of likely N-dealkylation sites (tertiary alicyclic amines) is 1. The fourth-order valence-corrected chi connectivity index (χ4v) is 7.11. The zero-order chi connectivity index (χ0) is 24.7. The monoisotopic (exact) mass is 519 g/mol. The van der Waals surface area contributed by atoms with Crippen molar-refractivity contribution in [3.63, 3.8) is 0 Å². The Bertz CT molecular complexity index is 1080. The molecule has 2 saturated heterocycles. The number of anilines is 1. The Morgan fingerprint density at radius 1 is 1.09 bits per heavy atom. The molecule has 4 rings (SSSR count). The molecule has 188 valence electrons. The standard InChI is InChI=1S/C22H28F3N3O4S2/c1-21(30,22(23,24)25)16-4-6-17(7-5-16)28-11-10-27(34(31,32)20-3-2-12-33-20)14-18(28)13-26-9-8-19(29)15-26/h2-7,12,18-19,29-30H,8-11,13-15H2,1H3/t18-,19+,21-/m0/s1. The molecule has 1 aromatic heterocycles. The number of aliphatic hydroxyl groups excluding tert-OH is 1. The number of alkyl halides is 3. The molecule has 2 aliphatic heterocycles. The minimum absolute atomic E-state index is 0.217. The number of nitrogens with zero attached hydrogens (tertiary/aromatic N) is 3. The number of aliphatic hydroxyl groups is 2. The van der Waals surface area contributed by atoms with Crippen LogP contribution in [0.15, 0.2) is 46.0 Å². The largest absolute Gasteiger partial charge is 0.421 e. The van der Waals surface area contributed by atoms with Gasteiger partial charge < -0.3 is 15.1 Å². The number of β-amino-alcohol motifs (C(OH)–C–C–N with tert-alkyl or cyclic N) is 1. The SMILES string of the molecule is C[C@](O)(c1ccc(N2CCN(S(=O)(=O)c3cccs3)C[C@@H]2CN2CC[C@@H](O)C2)cc1)C(F)(F)F. The van der Waals surface area contributed by atoms with E-state index < -0.39 is 27.9 Å². The summed E-state index contributed by atoms with van der Waals surface area (Å²) in [5, 5.41) is 21.6. The van der Waals surface area contributed by atoms with Gasteiger partial charge in [-0.3, -0.25) is 4.90 Å². The number of piperazine rings is 1. The normalized spacial score (nSPS) is 24.9. The lowest BCUT2D eigenvalue weighted by Crippen LogP contribution is -2.58. The molecule has 1 aromatic carbocycles. The summed E-state index contributed by atoms with van der Waals surface area (Å²) in [6, 6.07) is 8.58. The van der Waals surface area contributed by atoms with Crippen LogP contribution in [0, 0.1) is 0 Å². The summed E-state index contributed by atoms with van der Waals surface area (Å²) in [6.45, 7) is 3.23. The van der Waals surface area contributed by atoms with Crippen molar-refractivity contribution in [2.24, 2.45) is 0 Å². The Labute approximate surface area is 201 Å². The molecule has 34 heavy (non-hydrogen) atoms. The van der Waals surface area contributed by atoms with Gasteiger partial charge in [0, 0.05) is 45.0 Å². The Morgan fingerprint density at radius 3 is 2.35 bits per heavy atom. The summed E-state index contributed by atoms with van der Waals surface area (Å²) in [5.74, 6) is 0. The highest BCUT2D eigenvalue weighted by atomic mass is 32.2. The maximum atomic E-state index is 13.2. The second kappa shape index (κ2) is 9.40. The zero-order valence-electron chi connectivity index (χ0n) is 18.6. The molecule has 3 heterocycles. The average Bonchev–Trinajstić information content (AvgIpc) is 3.45. The Balaban J connectivity index is 1.58. The molecule has 0 amide bonds. The van der Waals surface area contributed by atoms with Crippen LogP contribution in [0.4, 0.5) is 18.9 Å². The van der Waals surface area contributed by atoms with Crippen molar-refractivity contribution in [2.45, 2.75) is 41.5 Å². The van der Waals surface area contributed by atoms with Crippen LogP contribution in [0.1, 0.15) is 18.9 Å². The third-order valence-electron chi connectivity index (χ3n) is 6.56. The number of benzene rings is 1. The van der Waals surface area contributed by atoms with Crippen molar-refractivity contribution in [3.05, 3.63) is 47.3 Å². The van der Waals surface area contributed by atoms with Crippen LogP contribution in [-0.4, -0.2) is 85.4 Å². The van der Waals surface area contributed by atoms with E-state index in [9.17, 15) is 31.8 Å². The molecular weight excluding hydrogens is 491 g/mol. The summed E-state index contributed by atoms with van der Waals surface area (Å²) in [6.07, 6.45) is -4.59. The first-order valence-corrected chi connectivity index (χ1v) is 13.3. The van der Waals surface area contributed by atoms with Crippen LogP contribution < -0.4 is 4.90 Å². The van der Waals surface area contributed by atoms with E-state index in [1.807, 2.05) is 4.90 Å². The van der Waals surface area contributed by atoms with E-state index >= 15 is 0 Å². The summed E-state index contributed by atoms with van der Waals surface area (Å²) < 4.78 is 67.6. The van der Waals surface area contributed by atoms with E-state index in [1.54, 1.807) is 17.5 Å². The molecule has 0 unspecified atom stereocenters. The zero-order valence-corrected chi connectivity index (χ0v) is 20.3. The fourth-order valence-electron chi connectivity index (χ4n) is 4.50. The van der Waals surface area contributed by atoms with Crippen LogP contribution >= 0.6 is 11.3 Å². The van der Waals surface area contributed by atoms with E-state index in [0.717, 1.165) is 18.3 Å². The average molecular weight is 520 g/mol. The number of halogens is 3. The van der Waals surface area contributed by atoms with Crippen molar-refractivity contribution < 1.29 is 31.8 Å². The maximum Gasteiger partial charge on any atom is 0.421 e. The molecule has 0 radical (unpaired) electrons. The summed E-state index contributed by atoms with van der Waals surface area (Å²) in [7, 11) is -3.64. The first-order valence-electron chi connectivity index (χ1n) is 11.0. The molecule has 0 saturated carbocycles. The minimum atomic E-state index is -4.81. The van der Waals surface area contributed by atoms with Gasteiger partial charge in [0.05, 0.1) is 12.1 Å². The van der Waals surface area contributed by atoms with Crippen LogP contribution in [-0.2, 0) is 15.6 Å². The number of thiophene rings is 1. The van der Waals surface area contributed by atoms with Gasteiger partial charge in [0.25, 0.3) is 10.0 Å². The molecule has 0 spiro atoms. The molecule has 2 aliphatic rings. The Hall–Kier alpha value is -1.70. The van der Waals surface area contributed by atoms with Gasteiger partial charge >= 0.3 is 6.18 Å². The van der Waals surface area contributed by atoms with E-state index in [-0.39, 0.29) is 28.9 Å². The summed E-state index contributed by atoms with van der Waals surface area (Å²) in [5.41, 5.74) is -2.58. The topological polar surface area (TPSA) is 84.3 Å². The van der Waals surface area contributed by atoms with Gasteiger partial charge in [0.2, 0.25) is 0 Å². The Kier molecular flexibility index (Phi) is 7.02. The van der Waals surface area contributed by atoms with E-state index in [2.05, 4.69) is 4.90 Å². The summed E-state index contributed by atoms with van der Waals surface area (Å²) >= 11 is 1.16. The minimum Gasteiger partial charge on any atom is -0.392 e. The van der Waals surface area contributed by atoms with Gasteiger partial charge in [-0.25, -0.2) is 8.42 Å². The second-order valence-corrected chi connectivity index (χ2v) is 12.1. The van der Waals surface area contributed by atoms with Crippen LogP contribution in [0.5, 0.6) is 0 Å². The molecule has 12 heteroatoms. The predicted octanol–water partition coefficient (Wildman–Crippen LogP) is 2.46. The molecule has 2 fully saturated rings.